The molecule has 0 radical (unpaired) electrons. The summed E-state index contributed by atoms with van der Waals surface area (Å²) in [6.45, 7) is 3.75. The van der Waals surface area contributed by atoms with Gasteiger partial charge in [-0.2, -0.15) is 0 Å². The zero-order valence-corrected chi connectivity index (χ0v) is 11.2. The molecule has 16 heavy (non-hydrogen) atoms. The van der Waals surface area contributed by atoms with Crippen LogP contribution in [0, 0.1) is 0 Å². The monoisotopic (exact) mass is 285 g/mol. The number of benzene rings is 1. The van der Waals surface area contributed by atoms with Gasteiger partial charge in [0.15, 0.2) is 0 Å². The first-order valence-electron chi connectivity index (χ1n) is 5.13. The number of carbonyl (C=O) groups excluding carboxylic acids is 1. The van der Waals surface area contributed by atoms with Crippen LogP contribution in [0.1, 0.15) is 25.5 Å². The van der Waals surface area contributed by atoms with E-state index in [4.69, 9.17) is 4.74 Å². The number of halogens is 1. The zero-order chi connectivity index (χ0) is 12.1. The van der Waals surface area contributed by atoms with Gasteiger partial charge < -0.3 is 10.1 Å². The van der Waals surface area contributed by atoms with E-state index in [1.165, 1.54) is 0 Å². The van der Waals surface area contributed by atoms with Gasteiger partial charge in [0.25, 0.3) is 0 Å². The number of hydrogen-bond donors (Lipinski definition) is 1. The van der Waals surface area contributed by atoms with E-state index in [1.807, 2.05) is 31.2 Å². The Balaban J connectivity index is 2.72. The summed E-state index contributed by atoms with van der Waals surface area (Å²) in [6, 6.07) is 7.65. The van der Waals surface area contributed by atoms with E-state index in [2.05, 4.69) is 21.2 Å². The number of methoxy groups -OCH3 is 1. The van der Waals surface area contributed by atoms with E-state index in [0.29, 0.717) is 0 Å². The van der Waals surface area contributed by atoms with Crippen LogP contribution in [0.3, 0.4) is 0 Å². The summed E-state index contributed by atoms with van der Waals surface area (Å²) in [5, 5.41) is 2.91. The molecule has 2 atom stereocenters. The molecule has 1 rings (SSSR count). The normalized spacial score (nSPS) is 14.0. The minimum absolute atomic E-state index is 0.0182. The first-order chi connectivity index (χ1) is 7.54. The van der Waals surface area contributed by atoms with Crippen molar-refractivity contribution in [3.63, 3.8) is 0 Å². The Labute approximate surface area is 104 Å². The summed E-state index contributed by atoms with van der Waals surface area (Å²) >= 11 is 3.23. The molecule has 1 N–H and O–H groups in total. The van der Waals surface area contributed by atoms with Gasteiger partial charge in [0.1, 0.15) is 5.75 Å². The Bertz CT molecular complexity index is 366. The molecular weight excluding hydrogens is 270 g/mol. The van der Waals surface area contributed by atoms with E-state index < -0.39 is 0 Å². The van der Waals surface area contributed by atoms with E-state index in [0.717, 1.165) is 11.3 Å². The molecule has 4 heteroatoms. The van der Waals surface area contributed by atoms with Crippen molar-refractivity contribution in [1.82, 2.24) is 5.32 Å². The molecule has 3 nitrogen and oxygen atoms in total. The van der Waals surface area contributed by atoms with Gasteiger partial charge in [-0.3, -0.25) is 4.79 Å². The van der Waals surface area contributed by atoms with Crippen LogP contribution < -0.4 is 10.1 Å². The summed E-state index contributed by atoms with van der Waals surface area (Å²) in [6.07, 6.45) is 0. The number of rotatable bonds is 4. The number of nitrogens with one attached hydrogen (secondary N) is 1. The molecule has 1 unspecified atom stereocenters. The largest absolute Gasteiger partial charge is 0.497 e. The number of amides is 1. The first kappa shape index (κ1) is 13.0. The molecule has 0 saturated heterocycles. The fourth-order valence-electron chi connectivity index (χ4n) is 1.32. The van der Waals surface area contributed by atoms with Gasteiger partial charge >= 0.3 is 0 Å². The van der Waals surface area contributed by atoms with E-state index in [9.17, 15) is 4.79 Å². The van der Waals surface area contributed by atoms with Crippen molar-refractivity contribution in [2.45, 2.75) is 24.7 Å². The molecule has 0 bridgehead atoms. The minimum atomic E-state index is -0.180. The van der Waals surface area contributed by atoms with E-state index in [-0.39, 0.29) is 16.8 Å². The van der Waals surface area contributed by atoms with Crippen LogP contribution in [0.5, 0.6) is 5.75 Å². The van der Waals surface area contributed by atoms with Gasteiger partial charge in [-0.05, 0) is 31.5 Å². The average molecular weight is 286 g/mol. The predicted molar refractivity (Wildman–Crippen MR) is 67.9 cm³/mol. The highest BCUT2D eigenvalue weighted by Crippen LogP contribution is 2.19. The van der Waals surface area contributed by atoms with Gasteiger partial charge in [0.05, 0.1) is 18.0 Å². The van der Waals surface area contributed by atoms with Gasteiger partial charge in [0.2, 0.25) is 5.91 Å². The molecule has 0 aliphatic rings. The molecule has 0 aliphatic carbocycles. The van der Waals surface area contributed by atoms with Crippen molar-refractivity contribution in [2.75, 3.05) is 7.11 Å². The fourth-order valence-corrected chi connectivity index (χ4v) is 1.45. The summed E-state index contributed by atoms with van der Waals surface area (Å²) in [7, 11) is 1.63. The molecule has 0 fully saturated rings. The maximum atomic E-state index is 11.5. The molecule has 0 aromatic heterocycles. The quantitative estimate of drug-likeness (QED) is 0.864. The lowest BCUT2D eigenvalue weighted by Gasteiger charge is -2.16. The van der Waals surface area contributed by atoms with Crippen molar-refractivity contribution < 1.29 is 9.53 Å². The van der Waals surface area contributed by atoms with Crippen LogP contribution in [-0.4, -0.2) is 17.8 Å². The highest BCUT2D eigenvalue weighted by molar-refractivity contribution is 9.10. The topological polar surface area (TPSA) is 38.3 Å². The van der Waals surface area contributed by atoms with Crippen LogP contribution >= 0.6 is 15.9 Å². The highest BCUT2D eigenvalue weighted by Gasteiger charge is 2.13. The molecule has 88 valence electrons. The molecule has 1 amide bonds. The molecule has 0 spiro atoms. The van der Waals surface area contributed by atoms with Crippen LogP contribution in [0.15, 0.2) is 24.3 Å². The third-order valence-electron chi connectivity index (χ3n) is 2.31. The highest BCUT2D eigenvalue weighted by atomic mass is 79.9. The van der Waals surface area contributed by atoms with Crippen molar-refractivity contribution in [3.8, 4) is 5.75 Å². The second-order valence-electron chi connectivity index (χ2n) is 3.62. The zero-order valence-electron chi connectivity index (χ0n) is 9.66. The second-order valence-corrected chi connectivity index (χ2v) is 5.00. The maximum absolute atomic E-state index is 11.5. The molecule has 0 saturated carbocycles. The van der Waals surface area contributed by atoms with Crippen molar-refractivity contribution in [1.29, 1.82) is 0 Å². The fraction of sp³-hybridized carbons (Fsp3) is 0.417. The summed E-state index contributed by atoms with van der Waals surface area (Å²) in [4.78, 5) is 11.3. The summed E-state index contributed by atoms with van der Waals surface area (Å²) in [5.74, 6) is 0.779. The number of ether oxygens (including phenoxy) is 1. The smallest absolute Gasteiger partial charge is 0.233 e. The summed E-state index contributed by atoms with van der Waals surface area (Å²) in [5.41, 5.74) is 1.03. The van der Waals surface area contributed by atoms with E-state index in [1.54, 1.807) is 14.0 Å². The first-order valence-corrected chi connectivity index (χ1v) is 6.04. The van der Waals surface area contributed by atoms with Crippen LogP contribution in [-0.2, 0) is 4.79 Å². The molecule has 0 heterocycles. The van der Waals surface area contributed by atoms with Gasteiger partial charge in [-0.1, -0.05) is 28.1 Å². The van der Waals surface area contributed by atoms with Crippen molar-refractivity contribution >= 4 is 21.8 Å². The molecule has 1 aromatic rings. The molecular formula is C12H16BrNO2. The van der Waals surface area contributed by atoms with Crippen molar-refractivity contribution in [3.05, 3.63) is 29.8 Å². The van der Waals surface area contributed by atoms with Crippen LogP contribution in [0.2, 0.25) is 0 Å². The lowest BCUT2D eigenvalue weighted by molar-refractivity contribution is -0.120. The minimum Gasteiger partial charge on any atom is -0.497 e. The van der Waals surface area contributed by atoms with E-state index >= 15 is 0 Å². The molecule has 0 aliphatic heterocycles. The Kier molecular flexibility index (Phi) is 4.80. The van der Waals surface area contributed by atoms with Crippen molar-refractivity contribution in [2.24, 2.45) is 0 Å². The number of carbonyl (C=O) groups is 1. The average Bonchev–Trinajstić information content (AvgIpc) is 2.28. The maximum Gasteiger partial charge on any atom is 0.233 e. The van der Waals surface area contributed by atoms with Crippen LogP contribution in [0.4, 0.5) is 0 Å². The Hall–Kier alpha value is -1.03. The Morgan fingerprint density at radius 1 is 1.44 bits per heavy atom. The van der Waals surface area contributed by atoms with Gasteiger partial charge in [-0.25, -0.2) is 0 Å². The van der Waals surface area contributed by atoms with Gasteiger partial charge in [-0.15, -0.1) is 0 Å². The van der Waals surface area contributed by atoms with Crippen LogP contribution in [0.25, 0.3) is 0 Å². The Morgan fingerprint density at radius 2 is 2.12 bits per heavy atom. The standard InChI is InChI=1S/C12H16BrNO2/c1-8(13)12(15)14-9(2)10-5-4-6-11(7-10)16-3/h4-9H,1-3H3,(H,14,15)/t8?,9-/m0/s1. The third kappa shape index (κ3) is 3.52. The summed E-state index contributed by atoms with van der Waals surface area (Å²) < 4.78 is 5.14. The second kappa shape index (κ2) is 5.89. The lowest BCUT2D eigenvalue weighted by atomic mass is 10.1. The SMILES string of the molecule is COc1cccc([C@H](C)NC(=O)C(C)Br)c1. The van der Waals surface area contributed by atoms with Gasteiger partial charge in [0, 0.05) is 0 Å². The number of hydrogen-bond acceptors (Lipinski definition) is 2. The lowest BCUT2D eigenvalue weighted by Crippen LogP contribution is -2.31. The molecule has 1 aromatic carbocycles. The predicted octanol–water partition coefficient (Wildman–Crippen LogP) is 2.66. The third-order valence-corrected chi connectivity index (χ3v) is 2.73. The number of alkyl halides is 1. The Morgan fingerprint density at radius 3 is 2.69 bits per heavy atom.